The summed E-state index contributed by atoms with van der Waals surface area (Å²) in [6, 6.07) is 4.80. The Kier molecular flexibility index (Phi) is 3.34. The van der Waals surface area contributed by atoms with E-state index in [-0.39, 0.29) is 11.1 Å². The number of benzene rings is 1. The fourth-order valence-electron chi connectivity index (χ4n) is 1.23. The van der Waals surface area contributed by atoms with Gasteiger partial charge < -0.3 is 18.8 Å². The first kappa shape index (κ1) is 13.9. The maximum atomic E-state index is 11.8. The summed E-state index contributed by atoms with van der Waals surface area (Å²) < 4.78 is 34.7. The van der Waals surface area contributed by atoms with Gasteiger partial charge >= 0.3 is 27.6 Å². The summed E-state index contributed by atoms with van der Waals surface area (Å²) in [5.74, 6) is -2.42. The number of hydrogen-bond acceptors (Lipinski definition) is 7. The lowest BCUT2D eigenvalue weighted by Crippen LogP contribution is -2.08. The number of phosphoric acid groups is 2. The van der Waals surface area contributed by atoms with E-state index in [2.05, 4.69) is 13.4 Å². The van der Waals surface area contributed by atoms with Crippen LogP contribution in [-0.2, 0) is 22.5 Å². The summed E-state index contributed by atoms with van der Waals surface area (Å²) in [7, 11) is -10.4. The van der Waals surface area contributed by atoms with Crippen LogP contribution in [-0.4, -0.2) is 21.7 Å². The molecule has 2 N–H and O–H groups in total. The molecule has 0 saturated carbocycles. The van der Waals surface area contributed by atoms with Crippen LogP contribution in [0.5, 0.6) is 0 Å². The highest BCUT2D eigenvalue weighted by Gasteiger charge is 2.43. The molecule has 2 bridgehead atoms. The lowest BCUT2D eigenvalue weighted by atomic mass is 10.1. The van der Waals surface area contributed by atoms with E-state index in [0.29, 0.717) is 0 Å². The van der Waals surface area contributed by atoms with Crippen LogP contribution < -0.4 is 0 Å². The molecule has 0 atom stereocenters. The van der Waals surface area contributed by atoms with Crippen molar-refractivity contribution >= 4 is 27.6 Å². The Hall–Kier alpha value is -1.50. The van der Waals surface area contributed by atoms with E-state index in [4.69, 9.17) is 9.79 Å². The maximum Gasteiger partial charge on any atom is 0.601 e. The molecule has 0 aliphatic carbocycles. The smallest absolute Gasteiger partial charge is 0.357 e. The molecule has 102 valence electrons. The van der Waals surface area contributed by atoms with Gasteiger partial charge in [0.05, 0.1) is 11.1 Å². The van der Waals surface area contributed by atoms with Gasteiger partial charge in [0.1, 0.15) is 0 Å². The molecule has 0 spiro atoms. The van der Waals surface area contributed by atoms with Crippen LogP contribution in [0.2, 0.25) is 0 Å². The molecular formula is C8H6O9P2. The fourth-order valence-corrected chi connectivity index (χ4v) is 3.20. The third-order valence-electron chi connectivity index (χ3n) is 1.95. The predicted molar refractivity (Wildman–Crippen MR) is 58.0 cm³/mol. The molecule has 19 heavy (non-hydrogen) atoms. The molecule has 0 fully saturated rings. The number of fused-ring (bicyclic) bond motifs is 6. The van der Waals surface area contributed by atoms with Crippen LogP contribution in [0, 0.1) is 0 Å². The predicted octanol–water partition coefficient (Wildman–Crippen LogP) is 1.23. The van der Waals surface area contributed by atoms with Gasteiger partial charge in [0, 0.05) is 0 Å². The van der Waals surface area contributed by atoms with E-state index in [0.717, 1.165) is 0 Å². The van der Waals surface area contributed by atoms with E-state index in [9.17, 15) is 18.7 Å². The van der Waals surface area contributed by atoms with E-state index >= 15 is 0 Å². The third kappa shape index (κ3) is 3.28. The van der Waals surface area contributed by atoms with Gasteiger partial charge in [-0.25, -0.2) is 18.7 Å². The Morgan fingerprint density at radius 1 is 1.00 bits per heavy atom. The minimum Gasteiger partial charge on any atom is -0.357 e. The lowest BCUT2D eigenvalue weighted by Gasteiger charge is -2.15. The SMILES string of the molecule is O=C1OP(=O)(OP(=O)(O)O)OC(=O)c2ccc1cc2. The molecule has 2 heterocycles. The van der Waals surface area contributed by atoms with Gasteiger partial charge in [0.15, 0.2) is 0 Å². The van der Waals surface area contributed by atoms with Crippen molar-refractivity contribution in [3.63, 3.8) is 0 Å². The normalized spacial score (nSPS) is 18.0. The van der Waals surface area contributed by atoms with Gasteiger partial charge in [-0.15, -0.1) is 0 Å². The second-order valence-electron chi connectivity index (χ2n) is 3.35. The number of carbonyl (C=O) groups excluding carboxylic acids is 2. The molecule has 1 aromatic rings. The van der Waals surface area contributed by atoms with Gasteiger partial charge in [-0.3, -0.25) is 0 Å². The van der Waals surface area contributed by atoms with Gasteiger partial charge in [-0.1, -0.05) is 0 Å². The zero-order valence-corrected chi connectivity index (χ0v) is 10.7. The molecule has 9 nitrogen and oxygen atoms in total. The van der Waals surface area contributed by atoms with Crippen molar-refractivity contribution in [2.75, 3.05) is 0 Å². The zero-order chi connectivity index (χ0) is 14.3. The van der Waals surface area contributed by atoms with Crippen molar-refractivity contribution in [3.8, 4) is 0 Å². The number of phosphoric ester groups is 1. The van der Waals surface area contributed by atoms with Crippen LogP contribution in [0.3, 0.4) is 0 Å². The molecule has 3 rings (SSSR count). The van der Waals surface area contributed by atoms with Crippen molar-refractivity contribution in [1.82, 2.24) is 0 Å². The molecule has 1 aromatic carbocycles. The Morgan fingerprint density at radius 2 is 1.37 bits per heavy atom. The molecule has 0 saturated heterocycles. The average molecular weight is 308 g/mol. The van der Waals surface area contributed by atoms with Crippen LogP contribution in [0.25, 0.3) is 0 Å². The zero-order valence-electron chi connectivity index (χ0n) is 8.96. The largest absolute Gasteiger partial charge is 0.601 e. The molecule has 0 unspecified atom stereocenters. The molecule has 11 heteroatoms. The van der Waals surface area contributed by atoms with Crippen molar-refractivity contribution in [2.45, 2.75) is 0 Å². The summed E-state index contributed by atoms with van der Waals surface area (Å²) >= 11 is 0. The highest BCUT2D eigenvalue weighted by Crippen LogP contribution is 2.62. The van der Waals surface area contributed by atoms with E-state index < -0.39 is 27.6 Å². The summed E-state index contributed by atoms with van der Waals surface area (Å²) in [4.78, 5) is 40.2. The van der Waals surface area contributed by atoms with Crippen molar-refractivity contribution in [1.29, 1.82) is 0 Å². The number of hydrogen-bond donors (Lipinski definition) is 2. The minimum absolute atomic E-state index is 0.0865. The van der Waals surface area contributed by atoms with Crippen molar-refractivity contribution < 1.29 is 41.9 Å². The van der Waals surface area contributed by atoms with Gasteiger partial charge in [0.2, 0.25) is 0 Å². The third-order valence-corrected chi connectivity index (χ3v) is 4.38. The lowest BCUT2D eigenvalue weighted by molar-refractivity contribution is 0.0569. The van der Waals surface area contributed by atoms with Crippen molar-refractivity contribution in [3.05, 3.63) is 35.4 Å². The highest BCUT2D eigenvalue weighted by molar-refractivity contribution is 7.61. The first-order valence-corrected chi connectivity index (χ1v) is 7.62. The standard InChI is InChI=1S/C8H6O9P2/c9-7-5-1-2-6(4-3-5)8(10)16-19(14,15-7)17-18(11,12)13/h1-4H,(H2,11,12,13). The Balaban J connectivity index is 2.44. The summed E-state index contributed by atoms with van der Waals surface area (Å²) in [6.45, 7) is 0. The molecular weight excluding hydrogens is 302 g/mol. The molecule has 0 aromatic heterocycles. The first-order chi connectivity index (χ1) is 8.69. The fraction of sp³-hybridized carbons (Fsp3) is 0. The summed E-state index contributed by atoms with van der Waals surface area (Å²) in [5.41, 5.74) is -0.173. The van der Waals surface area contributed by atoms with Crippen LogP contribution in [0.15, 0.2) is 24.3 Å². The monoisotopic (exact) mass is 308 g/mol. The Morgan fingerprint density at radius 3 is 1.68 bits per heavy atom. The Labute approximate surface area is 106 Å². The highest BCUT2D eigenvalue weighted by atomic mass is 31.3. The topological polar surface area (TPSA) is 136 Å². The van der Waals surface area contributed by atoms with Crippen LogP contribution >= 0.6 is 15.6 Å². The number of rotatable bonds is 2. The maximum absolute atomic E-state index is 11.8. The van der Waals surface area contributed by atoms with Crippen LogP contribution in [0.4, 0.5) is 0 Å². The van der Waals surface area contributed by atoms with E-state index in [1.807, 2.05) is 0 Å². The van der Waals surface area contributed by atoms with Gasteiger partial charge in [-0.05, 0) is 24.3 Å². The van der Waals surface area contributed by atoms with Gasteiger partial charge in [-0.2, -0.15) is 4.31 Å². The molecule has 0 radical (unpaired) electrons. The number of carbonyl (C=O) groups is 2. The van der Waals surface area contributed by atoms with Gasteiger partial charge in [0.25, 0.3) is 0 Å². The van der Waals surface area contributed by atoms with E-state index in [1.54, 1.807) is 0 Å². The average Bonchev–Trinajstić information content (AvgIpc) is 2.30. The molecule has 0 amide bonds. The van der Waals surface area contributed by atoms with E-state index in [1.165, 1.54) is 24.3 Å². The summed E-state index contributed by atoms with van der Waals surface area (Å²) in [6.07, 6.45) is 0. The van der Waals surface area contributed by atoms with Crippen LogP contribution in [0.1, 0.15) is 20.7 Å². The second-order valence-corrected chi connectivity index (χ2v) is 6.25. The minimum atomic E-state index is -5.30. The quantitative estimate of drug-likeness (QED) is 0.772. The molecule has 2 aliphatic rings. The first-order valence-electron chi connectivity index (χ1n) is 4.63. The second kappa shape index (κ2) is 4.56. The van der Waals surface area contributed by atoms with Crippen molar-refractivity contribution in [2.24, 2.45) is 0 Å². The molecule has 2 aliphatic heterocycles. The summed E-state index contributed by atoms with van der Waals surface area (Å²) in [5, 5.41) is 0. The Bertz CT molecular complexity index is 587.